The third-order valence-corrected chi connectivity index (χ3v) is 3.79. The summed E-state index contributed by atoms with van der Waals surface area (Å²) in [5, 5.41) is 12.9. The third-order valence-electron chi connectivity index (χ3n) is 3.79. The van der Waals surface area contributed by atoms with Crippen LogP contribution >= 0.6 is 0 Å². The van der Waals surface area contributed by atoms with Gasteiger partial charge in [-0.3, -0.25) is 4.79 Å². The van der Waals surface area contributed by atoms with E-state index in [1.807, 2.05) is 25.1 Å². The van der Waals surface area contributed by atoms with Gasteiger partial charge in [0.15, 0.2) is 12.6 Å². The topological polar surface area (TPSA) is 100 Å². The summed E-state index contributed by atoms with van der Waals surface area (Å²) in [6.07, 6.45) is 1.32. The van der Waals surface area contributed by atoms with E-state index in [-0.39, 0.29) is 12.7 Å². The first-order chi connectivity index (χ1) is 11.6. The summed E-state index contributed by atoms with van der Waals surface area (Å²) in [7, 11) is 0. The number of nitrogens with zero attached hydrogens (tertiary/aromatic N) is 2. The molecule has 2 rings (SSSR count). The molecule has 1 aromatic rings. The van der Waals surface area contributed by atoms with Crippen molar-refractivity contribution in [1.29, 1.82) is 0 Å². The maximum atomic E-state index is 10.8. The molecule has 24 heavy (non-hydrogen) atoms. The second-order valence-corrected chi connectivity index (χ2v) is 5.79. The Morgan fingerprint density at radius 3 is 2.88 bits per heavy atom. The highest BCUT2D eigenvalue weighted by Crippen LogP contribution is 2.15. The summed E-state index contributed by atoms with van der Waals surface area (Å²) in [6, 6.07) is 7.47. The van der Waals surface area contributed by atoms with Crippen LogP contribution in [0.25, 0.3) is 0 Å². The molecule has 132 valence electrons. The summed E-state index contributed by atoms with van der Waals surface area (Å²) >= 11 is 0. The number of guanidine groups is 1. The molecule has 0 aromatic heterocycles. The predicted molar refractivity (Wildman–Crippen MR) is 92.8 cm³/mol. The Hall–Kier alpha value is -2.28. The highest BCUT2D eigenvalue weighted by atomic mass is 16.5. The highest BCUT2D eigenvalue weighted by Gasteiger charge is 2.19. The Kier molecular flexibility index (Phi) is 6.87. The molecule has 0 aliphatic carbocycles. The Bertz CT molecular complexity index is 569. The number of piperidine rings is 1. The fraction of sp³-hybridized carbons (Fsp3) is 0.529. The molecule has 0 unspecified atom stereocenters. The molecule has 0 radical (unpaired) electrons. The van der Waals surface area contributed by atoms with Gasteiger partial charge in [-0.05, 0) is 37.5 Å². The summed E-state index contributed by atoms with van der Waals surface area (Å²) in [5.74, 6) is 0.959. The number of aliphatic imine (C=N–C) groups is 1. The highest BCUT2D eigenvalue weighted by molar-refractivity contribution is 5.80. The zero-order chi connectivity index (χ0) is 17.4. The number of ether oxygens (including phenoxy) is 1. The fourth-order valence-electron chi connectivity index (χ4n) is 2.56. The lowest BCUT2D eigenvalue weighted by Crippen LogP contribution is -2.46. The van der Waals surface area contributed by atoms with Crippen molar-refractivity contribution in [2.45, 2.75) is 32.4 Å². The SMILES string of the molecule is CCNC(=NCc1cccc(OCC(N)=O)c1)N1CCC(O)CC1. The zero-order valence-electron chi connectivity index (χ0n) is 14.1. The van der Waals surface area contributed by atoms with Crippen LogP contribution < -0.4 is 15.8 Å². The number of likely N-dealkylation sites (tertiary alicyclic amines) is 1. The van der Waals surface area contributed by atoms with E-state index in [1.54, 1.807) is 6.07 Å². The van der Waals surface area contributed by atoms with Gasteiger partial charge >= 0.3 is 0 Å². The molecule has 1 saturated heterocycles. The Labute approximate surface area is 142 Å². The summed E-state index contributed by atoms with van der Waals surface area (Å²) < 4.78 is 5.31. The van der Waals surface area contributed by atoms with Crippen molar-refractivity contribution in [3.8, 4) is 5.75 Å². The number of aliphatic hydroxyl groups excluding tert-OH is 1. The Morgan fingerprint density at radius 1 is 1.46 bits per heavy atom. The second-order valence-electron chi connectivity index (χ2n) is 5.79. The van der Waals surface area contributed by atoms with E-state index in [1.165, 1.54) is 0 Å². The van der Waals surface area contributed by atoms with E-state index in [0.717, 1.165) is 44.0 Å². The molecule has 0 bridgehead atoms. The van der Waals surface area contributed by atoms with Gasteiger partial charge in [-0.2, -0.15) is 0 Å². The van der Waals surface area contributed by atoms with E-state index in [0.29, 0.717) is 12.3 Å². The third kappa shape index (κ3) is 5.73. The number of hydrogen-bond acceptors (Lipinski definition) is 4. The average Bonchev–Trinajstić information content (AvgIpc) is 2.58. The number of primary amides is 1. The first kappa shape index (κ1) is 18.1. The van der Waals surface area contributed by atoms with Crippen molar-refractivity contribution in [3.05, 3.63) is 29.8 Å². The molecule has 7 heteroatoms. The van der Waals surface area contributed by atoms with E-state index in [9.17, 15) is 9.90 Å². The number of carbonyl (C=O) groups excluding carboxylic acids is 1. The molecule has 1 aromatic carbocycles. The standard InChI is InChI=1S/C17H26N4O3/c1-2-19-17(21-8-6-14(22)7-9-21)20-11-13-4-3-5-15(10-13)24-12-16(18)23/h3-5,10,14,22H,2,6-9,11-12H2,1H3,(H2,18,23)(H,19,20). The molecule has 0 atom stereocenters. The van der Waals surface area contributed by atoms with Gasteiger partial charge in [0.05, 0.1) is 12.6 Å². The lowest BCUT2D eigenvalue weighted by Gasteiger charge is -2.32. The molecule has 1 fully saturated rings. The summed E-state index contributed by atoms with van der Waals surface area (Å²) in [4.78, 5) is 17.6. The normalized spacial score (nSPS) is 16.1. The van der Waals surface area contributed by atoms with E-state index >= 15 is 0 Å². The van der Waals surface area contributed by atoms with Gasteiger partial charge in [-0.15, -0.1) is 0 Å². The van der Waals surface area contributed by atoms with Crippen molar-refractivity contribution in [3.63, 3.8) is 0 Å². The second kappa shape index (κ2) is 9.12. The molecule has 1 aliphatic rings. The van der Waals surface area contributed by atoms with Gasteiger partial charge in [0, 0.05) is 19.6 Å². The van der Waals surface area contributed by atoms with Crippen molar-refractivity contribution in [2.24, 2.45) is 10.7 Å². The molecular formula is C17H26N4O3. The number of nitrogens with one attached hydrogen (secondary N) is 1. The van der Waals surface area contributed by atoms with Crippen LogP contribution in [0, 0.1) is 0 Å². The van der Waals surface area contributed by atoms with Gasteiger partial charge in [0.25, 0.3) is 5.91 Å². The zero-order valence-corrected chi connectivity index (χ0v) is 14.1. The number of hydrogen-bond donors (Lipinski definition) is 3. The summed E-state index contributed by atoms with van der Waals surface area (Å²) in [6.45, 7) is 4.80. The summed E-state index contributed by atoms with van der Waals surface area (Å²) in [5.41, 5.74) is 6.08. The van der Waals surface area contributed by atoms with E-state index in [2.05, 4.69) is 15.2 Å². The minimum Gasteiger partial charge on any atom is -0.484 e. The molecule has 1 aliphatic heterocycles. The quantitative estimate of drug-likeness (QED) is 0.519. The number of carbonyl (C=O) groups is 1. The smallest absolute Gasteiger partial charge is 0.255 e. The minimum absolute atomic E-state index is 0.133. The first-order valence-corrected chi connectivity index (χ1v) is 8.30. The van der Waals surface area contributed by atoms with Gasteiger partial charge < -0.3 is 25.8 Å². The van der Waals surface area contributed by atoms with Crippen LogP contribution in [0.3, 0.4) is 0 Å². The number of aliphatic hydroxyl groups is 1. The maximum absolute atomic E-state index is 10.8. The van der Waals surface area contributed by atoms with Crippen molar-refractivity contribution in [1.82, 2.24) is 10.2 Å². The van der Waals surface area contributed by atoms with Crippen molar-refractivity contribution < 1.29 is 14.6 Å². The van der Waals surface area contributed by atoms with Crippen LogP contribution in [0.4, 0.5) is 0 Å². The molecule has 1 amide bonds. The molecule has 4 N–H and O–H groups in total. The minimum atomic E-state index is -0.500. The molecule has 0 saturated carbocycles. The average molecular weight is 334 g/mol. The van der Waals surface area contributed by atoms with E-state index in [4.69, 9.17) is 10.5 Å². The first-order valence-electron chi connectivity index (χ1n) is 8.30. The van der Waals surface area contributed by atoms with Gasteiger partial charge in [0.1, 0.15) is 5.75 Å². The Balaban J connectivity index is 2.00. The van der Waals surface area contributed by atoms with Crippen LogP contribution in [0.5, 0.6) is 5.75 Å². The number of benzene rings is 1. The fourth-order valence-corrected chi connectivity index (χ4v) is 2.56. The van der Waals surface area contributed by atoms with Gasteiger partial charge in [-0.1, -0.05) is 12.1 Å². The van der Waals surface area contributed by atoms with Crippen LogP contribution in [0.2, 0.25) is 0 Å². The molecule has 7 nitrogen and oxygen atoms in total. The monoisotopic (exact) mass is 334 g/mol. The lowest BCUT2D eigenvalue weighted by atomic mass is 10.1. The molecule has 1 heterocycles. The number of rotatable bonds is 6. The van der Waals surface area contributed by atoms with Gasteiger partial charge in [0.2, 0.25) is 0 Å². The molecule has 0 spiro atoms. The van der Waals surface area contributed by atoms with Crippen LogP contribution in [0.1, 0.15) is 25.3 Å². The maximum Gasteiger partial charge on any atom is 0.255 e. The largest absolute Gasteiger partial charge is 0.484 e. The number of amides is 1. The van der Waals surface area contributed by atoms with Crippen LogP contribution in [-0.4, -0.2) is 54.2 Å². The van der Waals surface area contributed by atoms with Crippen molar-refractivity contribution >= 4 is 11.9 Å². The van der Waals surface area contributed by atoms with Crippen LogP contribution in [-0.2, 0) is 11.3 Å². The predicted octanol–water partition coefficient (Wildman–Crippen LogP) is 0.473. The number of nitrogens with two attached hydrogens (primary N) is 1. The lowest BCUT2D eigenvalue weighted by molar-refractivity contribution is -0.119. The van der Waals surface area contributed by atoms with Gasteiger partial charge in [-0.25, -0.2) is 4.99 Å². The van der Waals surface area contributed by atoms with Crippen molar-refractivity contribution in [2.75, 3.05) is 26.2 Å². The Morgan fingerprint density at radius 2 is 2.21 bits per heavy atom. The van der Waals surface area contributed by atoms with Crippen LogP contribution in [0.15, 0.2) is 29.3 Å². The molecular weight excluding hydrogens is 308 g/mol. The van der Waals surface area contributed by atoms with E-state index < -0.39 is 5.91 Å².